The number of hydrogen-bond donors (Lipinski definition) is 3. The smallest absolute Gasteiger partial charge is 0.309 e. The van der Waals surface area contributed by atoms with Gasteiger partial charge in [0.25, 0.3) is 0 Å². The highest BCUT2D eigenvalue weighted by atomic mass is 16.4. The Balaban J connectivity index is 1.62. The molecule has 0 aromatic rings. The maximum Gasteiger partial charge on any atom is 0.309 e. The van der Waals surface area contributed by atoms with Gasteiger partial charge in [0.05, 0.1) is 17.4 Å². The van der Waals surface area contributed by atoms with Gasteiger partial charge >= 0.3 is 11.9 Å². The number of hydrogen-bond acceptors (Lipinski definition) is 3. The molecule has 0 amide bonds. The molecule has 0 aliphatic heterocycles. The maximum atomic E-state index is 12.8. The van der Waals surface area contributed by atoms with Gasteiger partial charge in [0.2, 0.25) is 0 Å². The molecule has 196 valence electrons. The standard InChI is InChI=1S/C30H46O5/c1-16(2)17-10-13-30(25(34)35)15-14-27(5)18(21(17)30)8-9-20-28(27,6)12-11-19-26(3,4)23(31)22(24(32)33)29(19,20)7/h17-23,31H,1,8-15H2,2-7H3,(H,32,33)(H,34,35)/t17-,18?,19?,20?,21?,22+,23-,27+,28+,29-,30-/m1/s1. The van der Waals surface area contributed by atoms with Crippen LogP contribution in [0, 0.1) is 62.6 Å². The Labute approximate surface area is 210 Å². The van der Waals surface area contributed by atoms with E-state index < -0.39 is 40.2 Å². The average Bonchev–Trinajstić information content (AvgIpc) is 3.21. The van der Waals surface area contributed by atoms with Crippen LogP contribution in [0.3, 0.4) is 0 Å². The van der Waals surface area contributed by atoms with E-state index in [0.717, 1.165) is 50.5 Å². The third-order valence-electron chi connectivity index (χ3n) is 13.6. The quantitative estimate of drug-likeness (QED) is 0.425. The van der Waals surface area contributed by atoms with E-state index in [2.05, 4.69) is 48.1 Å². The molecule has 5 nitrogen and oxygen atoms in total. The molecule has 4 unspecified atom stereocenters. The Morgan fingerprint density at radius 2 is 1.49 bits per heavy atom. The zero-order valence-corrected chi connectivity index (χ0v) is 22.6. The third kappa shape index (κ3) is 2.75. The van der Waals surface area contributed by atoms with Crippen LogP contribution in [0.4, 0.5) is 0 Å². The molecule has 5 heteroatoms. The van der Waals surface area contributed by atoms with Crippen molar-refractivity contribution >= 4 is 11.9 Å². The number of carbonyl (C=O) groups is 2. The molecule has 5 fully saturated rings. The van der Waals surface area contributed by atoms with Gasteiger partial charge in [-0.25, -0.2) is 0 Å². The predicted molar refractivity (Wildman–Crippen MR) is 135 cm³/mol. The lowest BCUT2D eigenvalue weighted by atomic mass is 9.34. The summed E-state index contributed by atoms with van der Waals surface area (Å²) in [6, 6.07) is 0. The van der Waals surface area contributed by atoms with Crippen molar-refractivity contribution in [2.75, 3.05) is 0 Å². The molecule has 3 N–H and O–H groups in total. The number of allylic oxidation sites excluding steroid dienone is 1. The minimum Gasteiger partial charge on any atom is -0.481 e. The number of carboxylic acid groups (broad SMARTS) is 2. The van der Waals surface area contributed by atoms with Crippen LogP contribution in [-0.4, -0.2) is 33.4 Å². The molecule has 0 saturated heterocycles. The van der Waals surface area contributed by atoms with Gasteiger partial charge < -0.3 is 15.3 Å². The summed E-state index contributed by atoms with van der Waals surface area (Å²) < 4.78 is 0. The highest BCUT2D eigenvalue weighted by Crippen LogP contribution is 2.79. The fraction of sp³-hybridized carbons (Fsp3) is 0.867. The first-order chi connectivity index (χ1) is 16.1. The number of rotatable bonds is 3. The van der Waals surface area contributed by atoms with Crippen LogP contribution in [0.1, 0.15) is 92.9 Å². The van der Waals surface area contributed by atoms with Gasteiger partial charge in [-0.2, -0.15) is 0 Å². The fourth-order valence-corrected chi connectivity index (χ4v) is 11.8. The van der Waals surface area contributed by atoms with Gasteiger partial charge in [0.1, 0.15) is 0 Å². The topological polar surface area (TPSA) is 94.8 Å². The van der Waals surface area contributed by atoms with Gasteiger partial charge in [0.15, 0.2) is 0 Å². The highest BCUT2D eigenvalue weighted by molar-refractivity contribution is 5.76. The molecule has 5 aliphatic rings. The largest absolute Gasteiger partial charge is 0.481 e. The SMILES string of the molecule is C=C(C)[C@H]1CC[C@@]2(C(=O)O)CC[C@@]3(C)C(CCC4[C@@]5(C)C(CC[C@@]43C)C(C)(C)[C@H](O)[C@H]5C(=O)O)C12. The Kier molecular flexibility index (Phi) is 5.32. The first-order valence-corrected chi connectivity index (χ1v) is 13.9. The molecule has 5 aliphatic carbocycles. The summed E-state index contributed by atoms with van der Waals surface area (Å²) in [6.45, 7) is 17.5. The zero-order valence-electron chi connectivity index (χ0n) is 22.6. The van der Waals surface area contributed by atoms with Gasteiger partial charge in [-0.3, -0.25) is 9.59 Å². The lowest BCUT2D eigenvalue weighted by Gasteiger charge is -2.70. The molecular weight excluding hydrogens is 440 g/mol. The number of aliphatic carboxylic acids is 2. The van der Waals surface area contributed by atoms with Gasteiger partial charge in [-0.1, -0.05) is 46.8 Å². The Morgan fingerprint density at radius 3 is 2.06 bits per heavy atom. The van der Waals surface area contributed by atoms with E-state index in [1.54, 1.807) is 0 Å². The number of fused-ring (bicyclic) bond motifs is 7. The molecule has 35 heavy (non-hydrogen) atoms. The molecule has 0 bridgehead atoms. The van der Waals surface area contributed by atoms with Crippen molar-refractivity contribution in [3.63, 3.8) is 0 Å². The monoisotopic (exact) mass is 486 g/mol. The predicted octanol–water partition coefficient (Wildman–Crippen LogP) is 6.01. The van der Waals surface area contributed by atoms with E-state index in [1.807, 2.05) is 0 Å². The third-order valence-corrected chi connectivity index (χ3v) is 13.6. The van der Waals surface area contributed by atoms with E-state index in [0.29, 0.717) is 12.3 Å². The van der Waals surface area contributed by atoms with Crippen molar-refractivity contribution in [1.82, 2.24) is 0 Å². The van der Waals surface area contributed by atoms with Gasteiger partial charge in [-0.05, 0) is 110 Å². The second-order valence-electron chi connectivity index (χ2n) is 14.6. The fourth-order valence-electron chi connectivity index (χ4n) is 11.8. The molecule has 0 heterocycles. The molecule has 5 rings (SSSR count). The van der Waals surface area contributed by atoms with E-state index in [4.69, 9.17) is 0 Å². The minimum atomic E-state index is -0.862. The molecule has 0 aromatic heterocycles. The lowest BCUT2D eigenvalue weighted by molar-refractivity contribution is -0.228. The van der Waals surface area contributed by atoms with Crippen molar-refractivity contribution in [2.24, 2.45) is 62.6 Å². The second kappa shape index (κ2) is 7.36. The molecule has 0 radical (unpaired) electrons. The summed E-state index contributed by atoms with van der Waals surface area (Å²) in [5.74, 6) is -1.21. The van der Waals surface area contributed by atoms with Crippen LogP contribution >= 0.6 is 0 Å². The first-order valence-electron chi connectivity index (χ1n) is 13.9. The van der Waals surface area contributed by atoms with Gasteiger partial charge in [0, 0.05) is 0 Å². The lowest BCUT2D eigenvalue weighted by Crippen LogP contribution is -2.65. The summed E-state index contributed by atoms with van der Waals surface area (Å²) in [7, 11) is 0. The van der Waals surface area contributed by atoms with Crippen molar-refractivity contribution in [3.05, 3.63) is 12.2 Å². The second-order valence-corrected chi connectivity index (χ2v) is 14.6. The Morgan fingerprint density at radius 1 is 0.829 bits per heavy atom. The maximum absolute atomic E-state index is 12.8. The van der Waals surface area contributed by atoms with Crippen LogP contribution in [-0.2, 0) is 9.59 Å². The van der Waals surface area contributed by atoms with Gasteiger partial charge in [-0.15, -0.1) is 0 Å². The summed E-state index contributed by atoms with van der Waals surface area (Å²) in [5.41, 5.74) is -0.558. The molecule has 0 aromatic carbocycles. The zero-order chi connectivity index (χ0) is 25.9. The first kappa shape index (κ1) is 25.3. The molecule has 5 saturated carbocycles. The van der Waals surface area contributed by atoms with Crippen LogP contribution in [0.2, 0.25) is 0 Å². The van der Waals surface area contributed by atoms with E-state index in [-0.39, 0.29) is 34.5 Å². The highest BCUT2D eigenvalue weighted by Gasteiger charge is 2.75. The Bertz CT molecular complexity index is 970. The van der Waals surface area contributed by atoms with E-state index >= 15 is 0 Å². The summed E-state index contributed by atoms with van der Waals surface area (Å²) in [6.07, 6.45) is 6.24. The van der Waals surface area contributed by atoms with Crippen LogP contribution in [0.5, 0.6) is 0 Å². The molecular formula is C30H46O5. The summed E-state index contributed by atoms with van der Waals surface area (Å²) in [5, 5.41) is 32.2. The summed E-state index contributed by atoms with van der Waals surface area (Å²) in [4.78, 5) is 25.4. The minimum absolute atomic E-state index is 0.0493. The Hall–Kier alpha value is -1.36. The van der Waals surface area contributed by atoms with Crippen molar-refractivity contribution in [2.45, 2.75) is 99.0 Å². The molecule has 11 atom stereocenters. The average molecular weight is 487 g/mol. The molecule has 0 spiro atoms. The number of carboxylic acids is 2. The van der Waals surface area contributed by atoms with E-state index in [1.165, 1.54) is 0 Å². The normalized spacial score (nSPS) is 54.2. The van der Waals surface area contributed by atoms with E-state index in [9.17, 15) is 24.9 Å². The van der Waals surface area contributed by atoms with Crippen molar-refractivity contribution in [1.29, 1.82) is 0 Å². The van der Waals surface area contributed by atoms with Crippen LogP contribution in [0.15, 0.2) is 12.2 Å². The van der Waals surface area contributed by atoms with Crippen molar-refractivity contribution in [3.8, 4) is 0 Å². The van der Waals surface area contributed by atoms with Crippen LogP contribution in [0.25, 0.3) is 0 Å². The van der Waals surface area contributed by atoms with Crippen molar-refractivity contribution < 1.29 is 24.9 Å². The number of aliphatic hydroxyl groups is 1. The van der Waals surface area contributed by atoms with Crippen LogP contribution < -0.4 is 0 Å². The summed E-state index contributed by atoms with van der Waals surface area (Å²) >= 11 is 0. The number of aliphatic hydroxyl groups excluding tert-OH is 1.